The summed E-state index contributed by atoms with van der Waals surface area (Å²) >= 11 is 0. The van der Waals surface area contributed by atoms with E-state index in [1.54, 1.807) is 42.5 Å². The predicted molar refractivity (Wildman–Crippen MR) is 197 cm³/mol. The molecule has 260 valence electrons. The number of anilines is 1. The van der Waals surface area contributed by atoms with E-state index in [0.717, 1.165) is 22.3 Å². The van der Waals surface area contributed by atoms with Crippen molar-refractivity contribution in [3.63, 3.8) is 0 Å². The number of carbonyl (C=O) groups is 4. The Bertz CT molecular complexity index is 1760. The van der Waals surface area contributed by atoms with Gasteiger partial charge in [-0.1, -0.05) is 103 Å². The molecule has 0 spiro atoms. The normalized spacial score (nSPS) is 11.6. The van der Waals surface area contributed by atoms with Crippen molar-refractivity contribution in [3.05, 3.63) is 161 Å². The highest BCUT2D eigenvalue weighted by Gasteiger charge is 2.37. The van der Waals surface area contributed by atoms with Crippen molar-refractivity contribution in [2.45, 2.75) is 6.92 Å². The van der Waals surface area contributed by atoms with Crippen molar-refractivity contribution in [3.8, 4) is 0 Å². The van der Waals surface area contributed by atoms with Crippen molar-refractivity contribution >= 4 is 53.9 Å². The van der Waals surface area contributed by atoms with Crippen LogP contribution in [0.4, 0.5) is 5.69 Å². The van der Waals surface area contributed by atoms with Crippen LogP contribution in [0.2, 0.25) is 0 Å². The first kappa shape index (κ1) is 37.3. The van der Waals surface area contributed by atoms with Gasteiger partial charge in [0.15, 0.2) is 0 Å². The van der Waals surface area contributed by atoms with Crippen LogP contribution >= 0.6 is 0 Å². The van der Waals surface area contributed by atoms with Gasteiger partial charge in [0.05, 0.1) is 0 Å². The van der Waals surface area contributed by atoms with Gasteiger partial charge in [-0.2, -0.15) is 0 Å². The standard InChI is InChI=1S/C42H39NO8/c1-32-10-8-15-35(26-32)20-24-40(46)50-30-42(28-48-38(44)22-18-33-11-4-2-5-12-33,29-49-39(45)23-19-34-13-6-3-7-14-34)31-51-41(47)25-21-36-16-9-17-37(43)27-36/h2-27H,28-31,43H2,1H3/b22-18+,23-19+,24-20+,25-21+. The lowest BCUT2D eigenvalue weighted by Crippen LogP contribution is -2.43. The maximum absolute atomic E-state index is 12.9. The number of rotatable bonds is 16. The topological polar surface area (TPSA) is 131 Å². The van der Waals surface area contributed by atoms with Gasteiger partial charge in [-0.05, 0) is 65.6 Å². The average molecular weight is 686 g/mol. The minimum absolute atomic E-state index is 0.429. The number of benzene rings is 4. The van der Waals surface area contributed by atoms with Gasteiger partial charge in [-0.25, -0.2) is 19.2 Å². The highest BCUT2D eigenvalue weighted by molar-refractivity contribution is 5.89. The zero-order chi connectivity index (χ0) is 36.3. The van der Waals surface area contributed by atoms with Crippen LogP contribution in [0.15, 0.2) is 133 Å². The molecule has 51 heavy (non-hydrogen) atoms. The second kappa shape index (κ2) is 19.5. The molecule has 0 aliphatic carbocycles. The highest BCUT2D eigenvalue weighted by atomic mass is 16.6. The van der Waals surface area contributed by atoms with Gasteiger partial charge in [-0.3, -0.25) is 0 Å². The second-order valence-electron chi connectivity index (χ2n) is 11.7. The summed E-state index contributed by atoms with van der Waals surface area (Å²) in [7, 11) is 0. The zero-order valence-corrected chi connectivity index (χ0v) is 28.2. The summed E-state index contributed by atoms with van der Waals surface area (Å²) in [4.78, 5) is 51.4. The average Bonchev–Trinajstić information content (AvgIpc) is 3.15. The Hall–Kier alpha value is -6.48. The van der Waals surface area contributed by atoms with E-state index in [1.165, 1.54) is 30.4 Å². The fraction of sp³-hybridized carbons (Fsp3) is 0.143. The summed E-state index contributed by atoms with van der Waals surface area (Å²) in [5.41, 5.74) is 8.90. The van der Waals surface area contributed by atoms with E-state index < -0.39 is 55.7 Å². The van der Waals surface area contributed by atoms with E-state index in [0.29, 0.717) is 11.3 Å². The summed E-state index contributed by atoms with van der Waals surface area (Å²) in [5, 5.41) is 0. The molecule has 4 rings (SSSR count). The van der Waals surface area contributed by atoms with Crippen LogP contribution in [0, 0.1) is 12.3 Å². The highest BCUT2D eigenvalue weighted by Crippen LogP contribution is 2.22. The van der Waals surface area contributed by atoms with E-state index in [1.807, 2.05) is 91.9 Å². The Morgan fingerprint density at radius 1 is 0.490 bits per heavy atom. The zero-order valence-electron chi connectivity index (χ0n) is 28.2. The third kappa shape index (κ3) is 13.9. The first-order valence-electron chi connectivity index (χ1n) is 16.1. The molecule has 0 bridgehead atoms. The van der Waals surface area contributed by atoms with E-state index in [-0.39, 0.29) is 0 Å². The molecule has 4 aromatic rings. The van der Waals surface area contributed by atoms with Gasteiger partial charge >= 0.3 is 23.9 Å². The van der Waals surface area contributed by atoms with Crippen molar-refractivity contribution in [2.24, 2.45) is 5.41 Å². The van der Waals surface area contributed by atoms with Gasteiger partial charge in [0.2, 0.25) is 0 Å². The number of ether oxygens (including phenoxy) is 4. The lowest BCUT2D eigenvalue weighted by Gasteiger charge is -2.31. The Morgan fingerprint density at radius 3 is 1.24 bits per heavy atom. The number of aryl methyl sites for hydroxylation is 1. The maximum Gasteiger partial charge on any atom is 0.330 e. The molecule has 9 heteroatoms. The Morgan fingerprint density at radius 2 is 0.843 bits per heavy atom. The lowest BCUT2D eigenvalue weighted by molar-refractivity contribution is -0.164. The van der Waals surface area contributed by atoms with Crippen LogP contribution in [-0.4, -0.2) is 50.3 Å². The van der Waals surface area contributed by atoms with E-state index >= 15 is 0 Å². The quantitative estimate of drug-likeness (QED) is 0.0580. The fourth-order valence-corrected chi connectivity index (χ4v) is 4.56. The molecule has 0 aromatic heterocycles. The molecular weight excluding hydrogens is 646 g/mol. The fourth-order valence-electron chi connectivity index (χ4n) is 4.56. The number of hydrogen-bond acceptors (Lipinski definition) is 9. The second-order valence-corrected chi connectivity index (χ2v) is 11.7. The van der Waals surface area contributed by atoms with Crippen LogP contribution in [0.3, 0.4) is 0 Å². The first-order chi connectivity index (χ1) is 24.7. The molecule has 0 heterocycles. The molecule has 0 fully saturated rings. The Kier molecular flexibility index (Phi) is 14.3. The lowest BCUT2D eigenvalue weighted by atomic mass is 9.92. The molecule has 0 saturated carbocycles. The summed E-state index contributed by atoms with van der Waals surface area (Å²) in [6.45, 7) is 0.209. The number of carbonyl (C=O) groups excluding carboxylic acids is 4. The van der Waals surface area contributed by atoms with Crippen molar-refractivity contribution in [1.82, 2.24) is 0 Å². The van der Waals surface area contributed by atoms with Crippen LogP contribution in [-0.2, 0) is 38.1 Å². The maximum atomic E-state index is 12.9. The molecule has 0 aliphatic rings. The largest absolute Gasteiger partial charge is 0.462 e. The minimum atomic E-state index is -1.49. The van der Waals surface area contributed by atoms with Gasteiger partial charge in [0.1, 0.15) is 31.8 Å². The van der Waals surface area contributed by atoms with Crippen molar-refractivity contribution in [2.75, 3.05) is 32.2 Å². The predicted octanol–water partition coefficient (Wildman–Crippen LogP) is 6.89. The number of nitrogen functional groups attached to an aromatic ring is 1. The number of hydrogen-bond donors (Lipinski definition) is 1. The van der Waals surface area contributed by atoms with Crippen LogP contribution in [0.1, 0.15) is 27.8 Å². The monoisotopic (exact) mass is 685 g/mol. The molecule has 2 N–H and O–H groups in total. The minimum Gasteiger partial charge on any atom is -0.462 e. The van der Waals surface area contributed by atoms with E-state index in [4.69, 9.17) is 24.7 Å². The van der Waals surface area contributed by atoms with Crippen LogP contribution < -0.4 is 5.73 Å². The number of esters is 4. The first-order valence-corrected chi connectivity index (χ1v) is 16.1. The van der Waals surface area contributed by atoms with Gasteiger partial charge in [0.25, 0.3) is 0 Å². The molecule has 0 unspecified atom stereocenters. The SMILES string of the molecule is Cc1cccc(/C=C/C(=O)OCC(COC(=O)/C=C/c2ccccc2)(COC(=O)/C=C/c2ccccc2)COC(=O)/C=C/c2cccc(N)c2)c1. The third-order valence-corrected chi connectivity index (χ3v) is 7.28. The van der Waals surface area contributed by atoms with Gasteiger partial charge < -0.3 is 24.7 Å². The van der Waals surface area contributed by atoms with Crippen LogP contribution in [0.25, 0.3) is 24.3 Å². The Balaban J connectivity index is 1.54. The third-order valence-electron chi connectivity index (χ3n) is 7.28. The molecule has 0 atom stereocenters. The summed E-state index contributed by atoms with van der Waals surface area (Å²) in [5.74, 6) is -2.87. The van der Waals surface area contributed by atoms with E-state index in [2.05, 4.69) is 0 Å². The summed E-state index contributed by atoms with van der Waals surface area (Å²) in [6.07, 6.45) is 11.2. The molecule has 0 amide bonds. The van der Waals surface area contributed by atoms with E-state index in [9.17, 15) is 19.2 Å². The van der Waals surface area contributed by atoms with Crippen molar-refractivity contribution < 1.29 is 38.1 Å². The summed E-state index contributed by atoms with van der Waals surface area (Å²) in [6, 6.07) is 32.7. The molecule has 0 saturated heterocycles. The smallest absolute Gasteiger partial charge is 0.330 e. The molecule has 9 nitrogen and oxygen atoms in total. The molecule has 0 radical (unpaired) electrons. The molecular formula is C42H39NO8. The van der Waals surface area contributed by atoms with Gasteiger partial charge in [-0.15, -0.1) is 0 Å². The van der Waals surface area contributed by atoms with Gasteiger partial charge in [0, 0.05) is 30.0 Å². The number of nitrogens with two attached hydrogens (primary N) is 1. The molecule has 0 aliphatic heterocycles. The Labute approximate surface area is 297 Å². The van der Waals surface area contributed by atoms with Crippen LogP contribution in [0.5, 0.6) is 0 Å². The molecule has 4 aromatic carbocycles. The summed E-state index contributed by atoms with van der Waals surface area (Å²) < 4.78 is 22.3. The van der Waals surface area contributed by atoms with Crippen molar-refractivity contribution in [1.29, 1.82) is 0 Å².